The zero-order chi connectivity index (χ0) is 20.2. The Morgan fingerprint density at radius 2 is 1.59 bits per heavy atom. The predicted molar refractivity (Wildman–Crippen MR) is 110 cm³/mol. The van der Waals surface area contributed by atoms with Crippen LogP contribution in [0.5, 0.6) is 0 Å². The highest BCUT2D eigenvalue weighted by Crippen LogP contribution is 2.09. The smallest absolute Gasteiger partial charge is 0.331 e. The van der Waals surface area contributed by atoms with Crippen molar-refractivity contribution in [2.45, 2.75) is 19.5 Å². The van der Waals surface area contributed by atoms with Crippen LogP contribution < -0.4 is 11.2 Å². The van der Waals surface area contributed by atoms with Gasteiger partial charge in [0.2, 0.25) is 5.91 Å². The summed E-state index contributed by atoms with van der Waals surface area (Å²) in [5, 5.41) is 0.440. The molecule has 0 spiro atoms. The number of carbonyl (C=O) groups excluding carboxylic acids is 1. The van der Waals surface area contributed by atoms with E-state index in [-0.39, 0.29) is 24.6 Å². The standard InChI is InChI=1S/C22H23N3O4/c26-20(23-12-14-29-15-13-23)16-25-19-9-5-4-8-18(19)21(27)24(22(25)28)11-10-17-6-2-1-3-7-17/h1-9H,10-16H2. The van der Waals surface area contributed by atoms with Gasteiger partial charge in [-0.2, -0.15) is 0 Å². The summed E-state index contributed by atoms with van der Waals surface area (Å²) in [7, 11) is 0. The van der Waals surface area contributed by atoms with Crippen molar-refractivity contribution in [2.24, 2.45) is 0 Å². The fourth-order valence-corrected chi connectivity index (χ4v) is 3.65. The van der Waals surface area contributed by atoms with Crippen molar-refractivity contribution in [3.8, 4) is 0 Å². The first-order valence-corrected chi connectivity index (χ1v) is 9.77. The van der Waals surface area contributed by atoms with Gasteiger partial charge in [0.25, 0.3) is 5.56 Å². The molecule has 1 aliphatic heterocycles. The van der Waals surface area contributed by atoms with E-state index >= 15 is 0 Å². The molecule has 2 heterocycles. The second-order valence-electron chi connectivity index (χ2n) is 7.07. The number of carbonyl (C=O) groups is 1. The Kier molecular flexibility index (Phi) is 5.57. The van der Waals surface area contributed by atoms with Gasteiger partial charge in [0.1, 0.15) is 6.54 Å². The molecule has 0 N–H and O–H groups in total. The molecule has 29 heavy (non-hydrogen) atoms. The minimum absolute atomic E-state index is 0.0923. The Morgan fingerprint density at radius 3 is 2.34 bits per heavy atom. The molecule has 1 aromatic heterocycles. The van der Waals surface area contributed by atoms with Crippen LogP contribution in [0.1, 0.15) is 5.56 Å². The molecule has 0 atom stereocenters. The SMILES string of the molecule is O=C(Cn1c(=O)n(CCc2ccccc2)c(=O)c2ccccc21)N1CCOCC1. The van der Waals surface area contributed by atoms with Crippen molar-refractivity contribution >= 4 is 16.8 Å². The molecule has 0 saturated carbocycles. The molecule has 0 radical (unpaired) electrons. The molecule has 1 fully saturated rings. The molecular formula is C22H23N3O4. The first kappa shape index (κ1) is 19.1. The van der Waals surface area contributed by atoms with Gasteiger partial charge in [0.05, 0.1) is 24.1 Å². The third-order valence-corrected chi connectivity index (χ3v) is 5.26. The molecule has 0 unspecified atom stereocenters. The van der Waals surface area contributed by atoms with Gasteiger partial charge in [-0.3, -0.25) is 18.7 Å². The van der Waals surface area contributed by atoms with Crippen LogP contribution in [0.3, 0.4) is 0 Å². The van der Waals surface area contributed by atoms with Crippen molar-refractivity contribution in [1.29, 1.82) is 0 Å². The second kappa shape index (κ2) is 8.45. The number of amides is 1. The van der Waals surface area contributed by atoms with E-state index < -0.39 is 5.69 Å². The summed E-state index contributed by atoms with van der Waals surface area (Å²) in [5.41, 5.74) is 0.755. The quantitative estimate of drug-likeness (QED) is 0.654. The highest BCUT2D eigenvalue weighted by atomic mass is 16.5. The highest BCUT2D eigenvalue weighted by molar-refractivity contribution is 5.81. The van der Waals surface area contributed by atoms with Gasteiger partial charge < -0.3 is 9.64 Å². The summed E-state index contributed by atoms with van der Waals surface area (Å²) in [6, 6.07) is 16.7. The maximum absolute atomic E-state index is 13.2. The fourth-order valence-electron chi connectivity index (χ4n) is 3.65. The van der Waals surface area contributed by atoms with Crippen LogP contribution in [0.4, 0.5) is 0 Å². The molecule has 4 rings (SSSR count). The Hall–Kier alpha value is -3.19. The second-order valence-corrected chi connectivity index (χ2v) is 7.07. The molecule has 1 aliphatic rings. The van der Waals surface area contributed by atoms with Crippen molar-refractivity contribution in [1.82, 2.24) is 14.0 Å². The molecule has 7 nitrogen and oxygen atoms in total. The first-order valence-electron chi connectivity index (χ1n) is 9.77. The Bertz CT molecular complexity index is 1130. The van der Waals surface area contributed by atoms with E-state index in [0.717, 1.165) is 5.56 Å². The van der Waals surface area contributed by atoms with Gasteiger partial charge in [-0.25, -0.2) is 4.79 Å². The fraction of sp³-hybridized carbons (Fsp3) is 0.318. The number of ether oxygens (including phenoxy) is 1. The lowest BCUT2D eigenvalue weighted by molar-refractivity contribution is -0.135. The maximum Gasteiger partial charge on any atom is 0.331 e. The van der Waals surface area contributed by atoms with Crippen molar-refractivity contribution in [2.75, 3.05) is 26.3 Å². The molecule has 0 bridgehead atoms. The zero-order valence-corrected chi connectivity index (χ0v) is 16.1. The van der Waals surface area contributed by atoms with E-state index in [1.807, 2.05) is 30.3 Å². The lowest BCUT2D eigenvalue weighted by Gasteiger charge is -2.27. The number of fused-ring (bicyclic) bond motifs is 1. The summed E-state index contributed by atoms with van der Waals surface area (Å²) < 4.78 is 7.95. The number of nitrogens with zero attached hydrogens (tertiary/aromatic N) is 3. The average Bonchev–Trinajstić information content (AvgIpc) is 2.78. The number of hydrogen-bond acceptors (Lipinski definition) is 4. The van der Waals surface area contributed by atoms with E-state index in [0.29, 0.717) is 43.6 Å². The number of rotatable bonds is 5. The van der Waals surface area contributed by atoms with Crippen LogP contribution in [0, 0.1) is 0 Å². The Labute approximate surface area is 167 Å². The molecule has 7 heteroatoms. The first-order chi connectivity index (χ1) is 14.1. The topological polar surface area (TPSA) is 73.5 Å². The summed E-state index contributed by atoms with van der Waals surface area (Å²) in [6.45, 7) is 2.19. The van der Waals surface area contributed by atoms with Crippen molar-refractivity contribution in [3.05, 3.63) is 81.0 Å². The molecule has 150 valence electrons. The molecule has 1 saturated heterocycles. The molecule has 3 aromatic rings. The number of aryl methyl sites for hydroxylation is 1. The zero-order valence-electron chi connectivity index (χ0n) is 16.1. The van der Waals surface area contributed by atoms with Crippen LogP contribution in [-0.4, -0.2) is 46.2 Å². The molecule has 2 aromatic carbocycles. The summed E-state index contributed by atoms with van der Waals surface area (Å²) in [6.07, 6.45) is 0.561. The van der Waals surface area contributed by atoms with Gasteiger partial charge in [0.15, 0.2) is 0 Å². The van der Waals surface area contributed by atoms with Crippen LogP contribution in [0.25, 0.3) is 10.9 Å². The highest BCUT2D eigenvalue weighted by Gasteiger charge is 2.20. The lowest BCUT2D eigenvalue weighted by Crippen LogP contribution is -2.46. The minimum Gasteiger partial charge on any atom is -0.378 e. The van der Waals surface area contributed by atoms with Crippen LogP contribution >= 0.6 is 0 Å². The number of morpholine rings is 1. The third-order valence-electron chi connectivity index (χ3n) is 5.26. The third kappa shape index (κ3) is 4.00. The van der Waals surface area contributed by atoms with Gasteiger partial charge >= 0.3 is 5.69 Å². The van der Waals surface area contributed by atoms with E-state index in [2.05, 4.69) is 0 Å². The monoisotopic (exact) mass is 393 g/mol. The van der Waals surface area contributed by atoms with Crippen LogP contribution in [0.2, 0.25) is 0 Å². The van der Waals surface area contributed by atoms with E-state index in [4.69, 9.17) is 4.74 Å². The van der Waals surface area contributed by atoms with Crippen molar-refractivity contribution in [3.63, 3.8) is 0 Å². The maximum atomic E-state index is 13.2. The predicted octanol–water partition coefficient (Wildman–Crippen LogP) is 1.26. The van der Waals surface area contributed by atoms with Gasteiger partial charge in [-0.05, 0) is 24.1 Å². The Balaban J connectivity index is 1.71. The van der Waals surface area contributed by atoms with Crippen molar-refractivity contribution < 1.29 is 9.53 Å². The largest absolute Gasteiger partial charge is 0.378 e. The van der Waals surface area contributed by atoms with E-state index in [9.17, 15) is 14.4 Å². The van der Waals surface area contributed by atoms with Gasteiger partial charge in [-0.1, -0.05) is 42.5 Å². The summed E-state index contributed by atoms with van der Waals surface area (Å²) in [4.78, 5) is 40.6. The number of para-hydroxylation sites is 1. The normalized spacial score (nSPS) is 14.3. The van der Waals surface area contributed by atoms with Gasteiger partial charge in [0, 0.05) is 19.6 Å². The van der Waals surface area contributed by atoms with Crippen LogP contribution in [-0.2, 0) is 29.0 Å². The van der Waals surface area contributed by atoms with E-state index in [1.165, 1.54) is 9.13 Å². The van der Waals surface area contributed by atoms with Gasteiger partial charge in [-0.15, -0.1) is 0 Å². The lowest BCUT2D eigenvalue weighted by atomic mass is 10.1. The Morgan fingerprint density at radius 1 is 0.897 bits per heavy atom. The summed E-state index contributed by atoms with van der Waals surface area (Å²) >= 11 is 0. The molecule has 1 amide bonds. The molecule has 0 aliphatic carbocycles. The minimum atomic E-state index is -0.453. The number of hydrogen-bond donors (Lipinski definition) is 0. The summed E-state index contributed by atoms with van der Waals surface area (Å²) in [5.74, 6) is -0.145. The van der Waals surface area contributed by atoms with Crippen LogP contribution in [0.15, 0.2) is 64.2 Å². The molecular weight excluding hydrogens is 370 g/mol. The number of benzene rings is 2. The average molecular weight is 393 g/mol. The number of aromatic nitrogens is 2. The van der Waals surface area contributed by atoms with E-state index in [1.54, 1.807) is 29.2 Å².